The van der Waals surface area contributed by atoms with E-state index in [1.807, 2.05) is 19.2 Å². The molecule has 21 heavy (non-hydrogen) atoms. The van der Waals surface area contributed by atoms with Gasteiger partial charge >= 0.3 is 0 Å². The monoisotopic (exact) mass is 282 g/mol. The van der Waals surface area contributed by atoms with Gasteiger partial charge in [0.05, 0.1) is 5.69 Å². The highest BCUT2D eigenvalue weighted by Gasteiger charge is 2.30. The number of pyridine rings is 1. The summed E-state index contributed by atoms with van der Waals surface area (Å²) in [5.74, 6) is 0.666. The molecule has 0 atom stereocenters. The molecule has 3 nitrogen and oxygen atoms in total. The number of nitrogens with one attached hydrogen (secondary N) is 1. The summed E-state index contributed by atoms with van der Waals surface area (Å²) in [4.78, 5) is 11.6. The van der Waals surface area contributed by atoms with E-state index in [0.717, 1.165) is 18.5 Å². The molecule has 0 unspecified atom stereocenters. The van der Waals surface area contributed by atoms with Crippen molar-refractivity contribution in [1.29, 1.82) is 0 Å². The lowest BCUT2D eigenvalue weighted by atomic mass is 9.75. The summed E-state index contributed by atoms with van der Waals surface area (Å²) in [5, 5.41) is 3.53. The maximum atomic E-state index is 11.6. The summed E-state index contributed by atoms with van der Waals surface area (Å²) in [7, 11) is 0. The molecule has 1 heterocycles. The molecule has 110 valence electrons. The fourth-order valence-electron chi connectivity index (χ4n) is 3.03. The maximum absolute atomic E-state index is 11.6. The number of rotatable bonds is 4. The summed E-state index contributed by atoms with van der Waals surface area (Å²) in [6.07, 6.45) is 4.24. The molecular formula is C18H22N2O. The maximum Gasteiger partial charge on any atom is 0.250 e. The number of benzene rings is 1. The SMILES string of the molecule is CCn1cc(NC2CC(c3cccc(C)c3)C2)ccc1=O. The Morgan fingerprint density at radius 2 is 2.05 bits per heavy atom. The Bertz CT molecular complexity index is 684. The molecule has 2 aromatic rings. The van der Waals surface area contributed by atoms with Crippen molar-refractivity contribution in [3.05, 3.63) is 64.1 Å². The van der Waals surface area contributed by atoms with Crippen molar-refractivity contribution in [1.82, 2.24) is 4.57 Å². The van der Waals surface area contributed by atoms with E-state index in [1.54, 1.807) is 10.6 Å². The Kier molecular flexibility index (Phi) is 3.82. The summed E-state index contributed by atoms with van der Waals surface area (Å²) in [6.45, 7) is 4.85. The van der Waals surface area contributed by atoms with Crippen LogP contribution in [0.25, 0.3) is 0 Å². The van der Waals surface area contributed by atoms with Crippen molar-refractivity contribution in [2.24, 2.45) is 0 Å². The van der Waals surface area contributed by atoms with Crippen LogP contribution in [0.15, 0.2) is 47.4 Å². The van der Waals surface area contributed by atoms with Crippen LogP contribution < -0.4 is 10.9 Å². The molecule has 1 saturated carbocycles. The summed E-state index contributed by atoms with van der Waals surface area (Å²) in [5.41, 5.74) is 3.89. The Balaban J connectivity index is 1.61. The van der Waals surface area contributed by atoms with Gasteiger partial charge in [0.2, 0.25) is 0 Å². The zero-order valence-electron chi connectivity index (χ0n) is 12.7. The standard InChI is InChI=1S/C18H22N2O/c1-3-20-12-16(7-8-18(20)21)19-17-10-15(11-17)14-6-4-5-13(2)9-14/h4-9,12,15,17,19H,3,10-11H2,1-2H3. The van der Waals surface area contributed by atoms with Crippen LogP contribution in [0.2, 0.25) is 0 Å². The van der Waals surface area contributed by atoms with E-state index in [-0.39, 0.29) is 5.56 Å². The predicted octanol–water partition coefficient (Wildman–Crippen LogP) is 3.53. The van der Waals surface area contributed by atoms with Crippen LogP contribution >= 0.6 is 0 Å². The first-order valence-electron chi connectivity index (χ1n) is 7.69. The summed E-state index contributed by atoms with van der Waals surface area (Å²) >= 11 is 0. The minimum atomic E-state index is 0.0642. The van der Waals surface area contributed by atoms with Crippen molar-refractivity contribution >= 4 is 5.69 Å². The molecule has 1 fully saturated rings. The van der Waals surface area contributed by atoms with Crippen molar-refractivity contribution in [2.75, 3.05) is 5.32 Å². The van der Waals surface area contributed by atoms with E-state index in [0.29, 0.717) is 18.5 Å². The smallest absolute Gasteiger partial charge is 0.250 e. The first-order chi connectivity index (χ1) is 10.2. The van der Waals surface area contributed by atoms with Crippen LogP contribution in [0.3, 0.4) is 0 Å². The minimum absolute atomic E-state index is 0.0642. The average Bonchev–Trinajstić information content (AvgIpc) is 2.44. The number of aromatic nitrogens is 1. The van der Waals surface area contributed by atoms with Gasteiger partial charge < -0.3 is 9.88 Å². The van der Waals surface area contributed by atoms with E-state index in [4.69, 9.17) is 0 Å². The van der Waals surface area contributed by atoms with Gasteiger partial charge in [-0.2, -0.15) is 0 Å². The van der Waals surface area contributed by atoms with E-state index in [1.165, 1.54) is 11.1 Å². The second-order valence-electron chi connectivity index (χ2n) is 5.97. The molecule has 1 aromatic carbocycles. The molecule has 1 aromatic heterocycles. The summed E-state index contributed by atoms with van der Waals surface area (Å²) < 4.78 is 1.74. The molecule has 3 heteroatoms. The lowest BCUT2D eigenvalue weighted by Gasteiger charge is -2.37. The number of hydrogen-bond donors (Lipinski definition) is 1. The highest BCUT2D eigenvalue weighted by atomic mass is 16.1. The average molecular weight is 282 g/mol. The fourth-order valence-corrected chi connectivity index (χ4v) is 3.03. The third kappa shape index (κ3) is 3.02. The van der Waals surface area contributed by atoms with Crippen molar-refractivity contribution in [3.63, 3.8) is 0 Å². The Hall–Kier alpha value is -2.03. The number of nitrogens with zero attached hydrogens (tertiary/aromatic N) is 1. The van der Waals surface area contributed by atoms with Crippen molar-refractivity contribution in [2.45, 2.75) is 45.2 Å². The minimum Gasteiger partial charge on any atom is -0.381 e. The quantitative estimate of drug-likeness (QED) is 0.930. The van der Waals surface area contributed by atoms with Gasteiger partial charge in [-0.1, -0.05) is 29.8 Å². The van der Waals surface area contributed by atoms with Crippen LogP contribution in [0.1, 0.15) is 36.8 Å². The molecule has 0 saturated heterocycles. The first-order valence-corrected chi connectivity index (χ1v) is 7.69. The Morgan fingerprint density at radius 1 is 1.24 bits per heavy atom. The molecule has 3 rings (SSSR count). The van der Waals surface area contributed by atoms with Gasteiger partial charge in [-0.25, -0.2) is 0 Å². The second-order valence-corrected chi connectivity index (χ2v) is 5.97. The van der Waals surface area contributed by atoms with Crippen molar-refractivity contribution < 1.29 is 0 Å². The predicted molar refractivity (Wildman–Crippen MR) is 86.9 cm³/mol. The van der Waals surface area contributed by atoms with Crippen LogP contribution in [-0.4, -0.2) is 10.6 Å². The van der Waals surface area contributed by atoms with E-state index in [2.05, 4.69) is 36.5 Å². The molecular weight excluding hydrogens is 260 g/mol. The highest BCUT2D eigenvalue weighted by molar-refractivity contribution is 5.43. The van der Waals surface area contributed by atoms with Gasteiger partial charge in [0, 0.05) is 24.8 Å². The van der Waals surface area contributed by atoms with Crippen LogP contribution in [0.4, 0.5) is 5.69 Å². The molecule has 1 aliphatic rings. The van der Waals surface area contributed by atoms with E-state index >= 15 is 0 Å². The Labute approximate surface area is 125 Å². The lowest BCUT2D eigenvalue weighted by Crippen LogP contribution is -2.34. The van der Waals surface area contributed by atoms with Crippen LogP contribution in [0.5, 0.6) is 0 Å². The van der Waals surface area contributed by atoms with Gasteiger partial charge in [-0.05, 0) is 44.2 Å². The van der Waals surface area contributed by atoms with Gasteiger partial charge in [0.1, 0.15) is 0 Å². The number of anilines is 1. The zero-order valence-corrected chi connectivity index (χ0v) is 12.7. The molecule has 0 bridgehead atoms. The van der Waals surface area contributed by atoms with Gasteiger partial charge in [0.15, 0.2) is 0 Å². The lowest BCUT2D eigenvalue weighted by molar-refractivity contribution is 0.374. The van der Waals surface area contributed by atoms with Crippen LogP contribution in [-0.2, 0) is 6.54 Å². The third-order valence-electron chi connectivity index (χ3n) is 4.35. The van der Waals surface area contributed by atoms with Gasteiger partial charge in [-0.15, -0.1) is 0 Å². The second kappa shape index (κ2) is 5.76. The molecule has 0 radical (unpaired) electrons. The third-order valence-corrected chi connectivity index (χ3v) is 4.35. The van der Waals surface area contributed by atoms with Crippen molar-refractivity contribution in [3.8, 4) is 0 Å². The van der Waals surface area contributed by atoms with E-state index < -0.39 is 0 Å². The number of aryl methyl sites for hydroxylation is 2. The molecule has 1 aliphatic carbocycles. The van der Waals surface area contributed by atoms with E-state index in [9.17, 15) is 4.79 Å². The Morgan fingerprint density at radius 3 is 2.76 bits per heavy atom. The largest absolute Gasteiger partial charge is 0.381 e. The zero-order chi connectivity index (χ0) is 14.8. The van der Waals surface area contributed by atoms with Gasteiger partial charge in [0.25, 0.3) is 5.56 Å². The highest BCUT2D eigenvalue weighted by Crippen LogP contribution is 2.38. The molecule has 0 aliphatic heterocycles. The fraction of sp³-hybridized carbons (Fsp3) is 0.389. The number of hydrogen-bond acceptors (Lipinski definition) is 2. The van der Waals surface area contributed by atoms with Crippen LogP contribution in [0, 0.1) is 6.92 Å². The van der Waals surface area contributed by atoms with Gasteiger partial charge in [-0.3, -0.25) is 4.79 Å². The molecule has 0 spiro atoms. The normalized spacial score (nSPS) is 20.9. The molecule has 1 N–H and O–H groups in total. The topological polar surface area (TPSA) is 34.0 Å². The first kappa shape index (κ1) is 13.9. The summed E-state index contributed by atoms with van der Waals surface area (Å²) in [6, 6.07) is 12.8. The molecule has 0 amide bonds.